The number of aliphatic hydroxyl groups excluding tert-OH is 2. The Kier molecular flexibility index (Phi) is 5.26. The average Bonchev–Trinajstić information content (AvgIpc) is 2.48. The lowest BCUT2D eigenvalue weighted by atomic mass is 9.90. The van der Waals surface area contributed by atoms with Crippen molar-refractivity contribution in [2.75, 3.05) is 13.2 Å². The molecule has 5 heteroatoms. The van der Waals surface area contributed by atoms with Gasteiger partial charge in [0.15, 0.2) is 0 Å². The summed E-state index contributed by atoms with van der Waals surface area (Å²) < 4.78 is 17.5. The SMILES string of the molecule is C[C@@H]1O[C@H](COC(C)(C)C)[C@@](CO)(OC(C)(C)C)[C@H]1O. The molecule has 4 atom stereocenters. The molecule has 0 radical (unpaired) electrons. The first-order valence-electron chi connectivity index (χ1n) is 7.20. The molecule has 0 aromatic carbocycles. The fraction of sp³-hybridized carbons (Fsp3) is 1.00. The summed E-state index contributed by atoms with van der Waals surface area (Å²) in [6.07, 6.45) is -1.80. The Hall–Kier alpha value is -0.200. The molecular formula is C15H30O5. The molecule has 0 aromatic heterocycles. The van der Waals surface area contributed by atoms with Gasteiger partial charge in [-0.25, -0.2) is 0 Å². The lowest BCUT2D eigenvalue weighted by Crippen LogP contribution is -2.58. The van der Waals surface area contributed by atoms with Crippen LogP contribution >= 0.6 is 0 Å². The van der Waals surface area contributed by atoms with Crippen LogP contribution < -0.4 is 0 Å². The van der Waals surface area contributed by atoms with Crippen LogP contribution in [0.3, 0.4) is 0 Å². The summed E-state index contributed by atoms with van der Waals surface area (Å²) in [7, 11) is 0. The van der Waals surface area contributed by atoms with Gasteiger partial charge < -0.3 is 24.4 Å². The molecule has 0 saturated carbocycles. The third kappa shape index (κ3) is 4.15. The van der Waals surface area contributed by atoms with Crippen LogP contribution in [-0.2, 0) is 14.2 Å². The van der Waals surface area contributed by atoms with Crippen molar-refractivity contribution >= 4 is 0 Å². The van der Waals surface area contributed by atoms with E-state index in [9.17, 15) is 10.2 Å². The molecule has 1 rings (SSSR count). The molecule has 1 heterocycles. The number of rotatable bonds is 4. The molecule has 20 heavy (non-hydrogen) atoms. The zero-order chi connectivity index (χ0) is 15.8. The highest BCUT2D eigenvalue weighted by atomic mass is 16.6. The van der Waals surface area contributed by atoms with E-state index >= 15 is 0 Å². The summed E-state index contributed by atoms with van der Waals surface area (Å²) in [5.74, 6) is 0. The summed E-state index contributed by atoms with van der Waals surface area (Å²) in [6, 6.07) is 0. The van der Waals surface area contributed by atoms with Crippen molar-refractivity contribution in [3.8, 4) is 0 Å². The first kappa shape index (κ1) is 17.9. The fourth-order valence-corrected chi connectivity index (χ4v) is 2.47. The number of hydrogen-bond acceptors (Lipinski definition) is 5. The second-order valence-corrected chi connectivity index (χ2v) is 7.53. The van der Waals surface area contributed by atoms with E-state index in [4.69, 9.17) is 14.2 Å². The molecule has 0 bridgehead atoms. The third-order valence-electron chi connectivity index (χ3n) is 3.28. The largest absolute Gasteiger partial charge is 0.393 e. The van der Waals surface area contributed by atoms with E-state index in [1.165, 1.54) is 0 Å². The predicted molar refractivity (Wildman–Crippen MR) is 76.7 cm³/mol. The van der Waals surface area contributed by atoms with Gasteiger partial charge in [0.2, 0.25) is 0 Å². The zero-order valence-corrected chi connectivity index (χ0v) is 13.8. The third-order valence-corrected chi connectivity index (χ3v) is 3.28. The van der Waals surface area contributed by atoms with Gasteiger partial charge in [-0.05, 0) is 48.5 Å². The average molecular weight is 290 g/mol. The molecule has 120 valence electrons. The van der Waals surface area contributed by atoms with Crippen molar-refractivity contribution < 1.29 is 24.4 Å². The van der Waals surface area contributed by atoms with E-state index in [2.05, 4.69) is 0 Å². The minimum Gasteiger partial charge on any atom is -0.393 e. The van der Waals surface area contributed by atoms with Crippen molar-refractivity contribution in [2.45, 2.75) is 83.6 Å². The van der Waals surface area contributed by atoms with Gasteiger partial charge in [-0.15, -0.1) is 0 Å². The molecule has 1 saturated heterocycles. The van der Waals surface area contributed by atoms with Crippen LogP contribution in [0.2, 0.25) is 0 Å². The van der Waals surface area contributed by atoms with Crippen LogP contribution in [0.25, 0.3) is 0 Å². The van der Waals surface area contributed by atoms with Crippen LogP contribution in [0.15, 0.2) is 0 Å². The number of hydrogen-bond donors (Lipinski definition) is 2. The molecule has 1 fully saturated rings. The summed E-state index contributed by atoms with van der Waals surface area (Å²) in [5, 5.41) is 20.3. The molecular weight excluding hydrogens is 260 g/mol. The van der Waals surface area contributed by atoms with E-state index in [0.29, 0.717) is 0 Å². The lowest BCUT2D eigenvalue weighted by Gasteiger charge is -2.40. The molecule has 0 aromatic rings. The lowest BCUT2D eigenvalue weighted by molar-refractivity contribution is -0.216. The van der Waals surface area contributed by atoms with Crippen LogP contribution in [0.1, 0.15) is 48.5 Å². The predicted octanol–water partition coefficient (Wildman–Crippen LogP) is 1.50. The molecule has 0 unspecified atom stereocenters. The molecule has 1 aliphatic rings. The Labute approximate surface area is 122 Å². The van der Waals surface area contributed by atoms with E-state index in [1.807, 2.05) is 41.5 Å². The van der Waals surface area contributed by atoms with Gasteiger partial charge in [0.1, 0.15) is 17.8 Å². The summed E-state index contributed by atoms with van der Waals surface area (Å²) in [5.41, 5.74) is -1.97. The van der Waals surface area contributed by atoms with E-state index in [-0.39, 0.29) is 18.8 Å². The molecule has 0 amide bonds. The standard InChI is InChI=1S/C15H30O5/c1-10-12(17)15(9-16,20-14(5,6)7)11(19-10)8-18-13(2,3)4/h10-12,16-17H,8-9H2,1-7H3/t10-,11+,12-,15+/m0/s1. The number of ether oxygens (including phenoxy) is 3. The van der Waals surface area contributed by atoms with Gasteiger partial charge in [-0.2, -0.15) is 0 Å². The van der Waals surface area contributed by atoms with E-state index in [1.54, 1.807) is 6.92 Å². The van der Waals surface area contributed by atoms with Crippen molar-refractivity contribution in [2.24, 2.45) is 0 Å². The van der Waals surface area contributed by atoms with Crippen LogP contribution in [-0.4, -0.2) is 58.5 Å². The Morgan fingerprint density at radius 3 is 2.05 bits per heavy atom. The van der Waals surface area contributed by atoms with Gasteiger partial charge in [0.05, 0.1) is 30.5 Å². The summed E-state index contributed by atoms with van der Waals surface area (Å²) in [6.45, 7) is 13.3. The maximum absolute atomic E-state index is 10.4. The second-order valence-electron chi connectivity index (χ2n) is 7.53. The van der Waals surface area contributed by atoms with Gasteiger partial charge >= 0.3 is 0 Å². The topological polar surface area (TPSA) is 68.2 Å². The molecule has 0 aliphatic carbocycles. The molecule has 5 nitrogen and oxygen atoms in total. The minimum atomic E-state index is -1.15. The van der Waals surface area contributed by atoms with Crippen LogP contribution in [0, 0.1) is 0 Å². The Balaban J connectivity index is 2.94. The first-order chi connectivity index (χ1) is 8.91. The minimum absolute atomic E-state index is 0.265. The first-order valence-corrected chi connectivity index (χ1v) is 7.20. The van der Waals surface area contributed by atoms with E-state index in [0.717, 1.165) is 0 Å². The van der Waals surface area contributed by atoms with Crippen molar-refractivity contribution in [3.63, 3.8) is 0 Å². The van der Waals surface area contributed by atoms with Crippen molar-refractivity contribution in [1.29, 1.82) is 0 Å². The van der Waals surface area contributed by atoms with Gasteiger partial charge in [-0.3, -0.25) is 0 Å². The monoisotopic (exact) mass is 290 g/mol. The normalized spacial score (nSPS) is 35.5. The van der Waals surface area contributed by atoms with Gasteiger partial charge in [0, 0.05) is 0 Å². The van der Waals surface area contributed by atoms with Gasteiger partial charge in [0.25, 0.3) is 0 Å². The highest BCUT2D eigenvalue weighted by Gasteiger charge is 2.57. The second kappa shape index (κ2) is 5.89. The summed E-state index contributed by atoms with van der Waals surface area (Å²) >= 11 is 0. The van der Waals surface area contributed by atoms with Crippen molar-refractivity contribution in [1.82, 2.24) is 0 Å². The highest BCUT2D eigenvalue weighted by Crippen LogP contribution is 2.38. The quantitative estimate of drug-likeness (QED) is 0.821. The number of aliphatic hydroxyl groups is 2. The summed E-state index contributed by atoms with van der Waals surface area (Å²) in [4.78, 5) is 0. The van der Waals surface area contributed by atoms with Crippen LogP contribution in [0.4, 0.5) is 0 Å². The van der Waals surface area contributed by atoms with E-state index < -0.39 is 29.5 Å². The molecule has 2 N–H and O–H groups in total. The zero-order valence-electron chi connectivity index (χ0n) is 13.8. The molecule has 1 aliphatic heterocycles. The Morgan fingerprint density at radius 1 is 1.10 bits per heavy atom. The maximum Gasteiger partial charge on any atom is 0.148 e. The smallest absolute Gasteiger partial charge is 0.148 e. The highest BCUT2D eigenvalue weighted by molar-refractivity contribution is 5.05. The Bertz CT molecular complexity index is 317. The maximum atomic E-state index is 10.4. The van der Waals surface area contributed by atoms with Crippen molar-refractivity contribution in [3.05, 3.63) is 0 Å². The Morgan fingerprint density at radius 2 is 1.65 bits per heavy atom. The van der Waals surface area contributed by atoms with Gasteiger partial charge in [-0.1, -0.05) is 0 Å². The fourth-order valence-electron chi connectivity index (χ4n) is 2.47. The molecule has 0 spiro atoms. The van der Waals surface area contributed by atoms with Crippen LogP contribution in [0.5, 0.6) is 0 Å².